The van der Waals surface area contributed by atoms with Crippen LogP contribution in [0.2, 0.25) is 0 Å². The Morgan fingerprint density at radius 3 is 2.31 bits per heavy atom. The van der Waals surface area contributed by atoms with Crippen molar-refractivity contribution in [1.29, 1.82) is 5.26 Å². The van der Waals surface area contributed by atoms with Crippen molar-refractivity contribution in [2.75, 3.05) is 13.7 Å². The molecule has 2 aromatic rings. The first-order valence-electron chi connectivity index (χ1n) is 8.46. The summed E-state index contributed by atoms with van der Waals surface area (Å²) in [5, 5.41) is 8.80. The van der Waals surface area contributed by atoms with E-state index in [0.29, 0.717) is 42.9 Å². The molecule has 2 rings (SSSR count). The molecule has 0 bridgehead atoms. The third kappa shape index (κ3) is 5.75. The van der Waals surface area contributed by atoms with E-state index in [1.165, 1.54) is 6.92 Å². The molecular weight excluding hydrogens is 328 g/mol. The molecule has 0 saturated carbocycles. The fraction of sp³-hybridized carbons (Fsp3) is 0.286. The van der Waals surface area contributed by atoms with Crippen LogP contribution in [-0.4, -0.2) is 30.2 Å². The molecule has 0 aliphatic heterocycles. The minimum Gasteiger partial charge on any atom is -0.494 e. The van der Waals surface area contributed by atoms with E-state index in [1.54, 1.807) is 48.3 Å². The number of hydrogen-bond acceptors (Lipinski definition) is 4. The first-order valence-corrected chi connectivity index (χ1v) is 8.46. The number of ether oxygens (including phenoxy) is 1. The standard InChI is InChI=1S/C21H22N2O3/c1-16(24)19-9-11-20(12-10-19)26-13-3-4-21(25)23(2)15-18-7-5-17(14-22)6-8-18/h5-12H,3-4,13,15H2,1-2H3. The zero-order valence-corrected chi connectivity index (χ0v) is 15.1. The van der Waals surface area contributed by atoms with Crippen LogP contribution in [-0.2, 0) is 11.3 Å². The molecule has 0 fully saturated rings. The molecule has 0 unspecified atom stereocenters. The van der Waals surface area contributed by atoms with Gasteiger partial charge in [0.25, 0.3) is 0 Å². The Morgan fingerprint density at radius 2 is 1.73 bits per heavy atom. The summed E-state index contributed by atoms with van der Waals surface area (Å²) in [6, 6.07) is 16.3. The Morgan fingerprint density at radius 1 is 1.08 bits per heavy atom. The Hall–Kier alpha value is -3.13. The van der Waals surface area contributed by atoms with Crippen molar-refractivity contribution in [2.24, 2.45) is 0 Å². The average molecular weight is 350 g/mol. The molecule has 5 heteroatoms. The summed E-state index contributed by atoms with van der Waals surface area (Å²) in [5.74, 6) is 0.755. The van der Waals surface area contributed by atoms with Gasteiger partial charge in [-0.15, -0.1) is 0 Å². The molecule has 0 heterocycles. The summed E-state index contributed by atoms with van der Waals surface area (Å²) in [7, 11) is 1.77. The lowest BCUT2D eigenvalue weighted by molar-refractivity contribution is -0.130. The minimum atomic E-state index is 0.0208. The molecule has 0 saturated heterocycles. The molecule has 1 amide bonds. The maximum absolute atomic E-state index is 12.2. The van der Waals surface area contributed by atoms with Crippen molar-refractivity contribution in [3.05, 3.63) is 65.2 Å². The maximum Gasteiger partial charge on any atom is 0.222 e. The van der Waals surface area contributed by atoms with E-state index >= 15 is 0 Å². The van der Waals surface area contributed by atoms with Gasteiger partial charge in [0, 0.05) is 25.6 Å². The van der Waals surface area contributed by atoms with Crippen molar-refractivity contribution < 1.29 is 14.3 Å². The van der Waals surface area contributed by atoms with Gasteiger partial charge in [-0.25, -0.2) is 0 Å². The Balaban J connectivity index is 1.72. The van der Waals surface area contributed by atoms with Gasteiger partial charge in [-0.2, -0.15) is 5.26 Å². The van der Waals surface area contributed by atoms with Crippen molar-refractivity contribution in [1.82, 2.24) is 4.90 Å². The maximum atomic E-state index is 12.2. The molecule has 26 heavy (non-hydrogen) atoms. The number of ketones is 1. The summed E-state index contributed by atoms with van der Waals surface area (Å²) < 4.78 is 5.60. The van der Waals surface area contributed by atoms with Gasteiger partial charge in [0.15, 0.2) is 5.78 Å². The molecular formula is C21H22N2O3. The van der Waals surface area contributed by atoms with Gasteiger partial charge < -0.3 is 9.64 Å². The van der Waals surface area contributed by atoms with Crippen molar-refractivity contribution in [3.8, 4) is 11.8 Å². The number of hydrogen-bond donors (Lipinski definition) is 0. The van der Waals surface area contributed by atoms with Crippen LogP contribution >= 0.6 is 0 Å². The van der Waals surface area contributed by atoms with Crippen LogP contribution in [0.1, 0.15) is 41.3 Å². The lowest BCUT2D eigenvalue weighted by atomic mass is 10.1. The highest BCUT2D eigenvalue weighted by atomic mass is 16.5. The van der Waals surface area contributed by atoms with Crippen LogP contribution in [0, 0.1) is 11.3 Å². The summed E-state index contributed by atoms with van der Waals surface area (Å²) in [6.07, 6.45) is 1.02. The quantitative estimate of drug-likeness (QED) is 0.539. The summed E-state index contributed by atoms with van der Waals surface area (Å²) >= 11 is 0. The number of Topliss-reactive ketones (excluding diaryl/α,β-unsaturated/α-hetero) is 1. The predicted octanol–water partition coefficient (Wildman–Crippen LogP) is 3.58. The van der Waals surface area contributed by atoms with Gasteiger partial charge in [-0.3, -0.25) is 9.59 Å². The monoisotopic (exact) mass is 350 g/mol. The van der Waals surface area contributed by atoms with E-state index in [9.17, 15) is 9.59 Å². The highest BCUT2D eigenvalue weighted by molar-refractivity contribution is 5.94. The summed E-state index contributed by atoms with van der Waals surface area (Å²) in [6.45, 7) is 2.48. The van der Waals surface area contributed by atoms with E-state index in [0.717, 1.165) is 5.56 Å². The molecule has 0 aliphatic rings. The fourth-order valence-electron chi connectivity index (χ4n) is 2.44. The van der Waals surface area contributed by atoms with Crippen LogP contribution in [0.3, 0.4) is 0 Å². The summed E-state index contributed by atoms with van der Waals surface area (Å²) in [5.41, 5.74) is 2.25. The van der Waals surface area contributed by atoms with E-state index < -0.39 is 0 Å². The number of benzene rings is 2. The first kappa shape index (κ1) is 19.2. The molecule has 0 spiro atoms. The first-order chi connectivity index (χ1) is 12.5. The zero-order valence-electron chi connectivity index (χ0n) is 15.1. The lowest BCUT2D eigenvalue weighted by Gasteiger charge is -2.17. The van der Waals surface area contributed by atoms with Crippen molar-refractivity contribution in [2.45, 2.75) is 26.3 Å². The second-order valence-corrected chi connectivity index (χ2v) is 6.09. The average Bonchev–Trinajstić information content (AvgIpc) is 2.66. The Labute approximate surface area is 153 Å². The van der Waals surface area contributed by atoms with Crippen LogP contribution in [0.15, 0.2) is 48.5 Å². The topological polar surface area (TPSA) is 70.4 Å². The van der Waals surface area contributed by atoms with E-state index in [-0.39, 0.29) is 11.7 Å². The highest BCUT2D eigenvalue weighted by Crippen LogP contribution is 2.13. The van der Waals surface area contributed by atoms with Crippen molar-refractivity contribution >= 4 is 11.7 Å². The largest absolute Gasteiger partial charge is 0.494 e. The van der Waals surface area contributed by atoms with Crippen LogP contribution < -0.4 is 4.74 Å². The smallest absolute Gasteiger partial charge is 0.222 e. The van der Waals surface area contributed by atoms with E-state index in [1.807, 2.05) is 12.1 Å². The SMILES string of the molecule is CC(=O)c1ccc(OCCCC(=O)N(C)Cc2ccc(C#N)cc2)cc1. The molecule has 0 N–H and O–H groups in total. The van der Waals surface area contributed by atoms with E-state index in [2.05, 4.69) is 6.07 Å². The number of amides is 1. The number of nitriles is 1. The van der Waals surface area contributed by atoms with Crippen LogP contribution in [0.25, 0.3) is 0 Å². The number of carbonyl (C=O) groups excluding carboxylic acids is 2. The van der Waals surface area contributed by atoms with Crippen molar-refractivity contribution in [3.63, 3.8) is 0 Å². The third-order valence-electron chi connectivity index (χ3n) is 3.99. The lowest BCUT2D eigenvalue weighted by Crippen LogP contribution is -2.26. The second kappa shape index (κ2) is 9.38. The number of rotatable bonds is 8. The molecule has 0 radical (unpaired) electrons. The minimum absolute atomic E-state index is 0.0208. The normalized spacial score (nSPS) is 10.0. The van der Waals surface area contributed by atoms with Crippen LogP contribution in [0.4, 0.5) is 0 Å². The Kier molecular flexibility index (Phi) is 6.92. The molecule has 134 valence electrons. The number of carbonyl (C=O) groups is 2. The van der Waals surface area contributed by atoms with E-state index in [4.69, 9.17) is 10.00 Å². The predicted molar refractivity (Wildman–Crippen MR) is 98.8 cm³/mol. The molecule has 5 nitrogen and oxygen atoms in total. The third-order valence-corrected chi connectivity index (χ3v) is 3.99. The number of nitrogens with zero attached hydrogens (tertiary/aromatic N) is 2. The van der Waals surface area contributed by atoms with Crippen LogP contribution in [0.5, 0.6) is 5.75 Å². The van der Waals surface area contributed by atoms with Gasteiger partial charge >= 0.3 is 0 Å². The highest BCUT2D eigenvalue weighted by Gasteiger charge is 2.09. The van der Waals surface area contributed by atoms with Gasteiger partial charge in [0.1, 0.15) is 5.75 Å². The Bertz CT molecular complexity index is 790. The molecule has 0 atom stereocenters. The van der Waals surface area contributed by atoms with Gasteiger partial charge in [0.2, 0.25) is 5.91 Å². The summed E-state index contributed by atoms with van der Waals surface area (Å²) in [4.78, 5) is 25.1. The fourth-order valence-corrected chi connectivity index (χ4v) is 2.44. The molecule has 0 aromatic heterocycles. The zero-order chi connectivity index (χ0) is 18.9. The van der Waals surface area contributed by atoms with Gasteiger partial charge in [-0.05, 0) is 55.3 Å². The van der Waals surface area contributed by atoms with Gasteiger partial charge in [-0.1, -0.05) is 12.1 Å². The van der Waals surface area contributed by atoms with Gasteiger partial charge in [0.05, 0.1) is 18.2 Å². The molecule has 2 aromatic carbocycles. The second-order valence-electron chi connectivity index (χ2n) is 6.09. The molecule has 0 aliphatic carbocycles.